The highest BCUT2D eigenvalue weighted by atomic mass is 16.5. The molecule has 1 aliphatic heterocycles. The number of ether oxygens (including phenoxy) is 1. The molecule has 1 amide bonds. The van der Waals surface area contributed by atoms with Crippen LogP contribution in [0.15, 0.2) is 60.7 Å². The van der Waals surface area contributed by atoms with Crippen LogP contribution in [0.2, 0.25) is 0 Å². The van der Waals surface area contributed by atoms with Crippen LogP contribution in [0.3, 0.4) is 0 Å². The Labute approximate surface area is 233 Å². The van der Waals surface area contributed by atoms with Gasteiger partial charge in [-0.05, 0) is 70.1 Å². The van der Waals surface area contributed by atoms with E-state index in [9.17, 15) is 9.90 Å². The van der Waals surface area contributed by atoms with E-state index in [4.69, 9.17) is 9.72 Å². The van der Waals surface area contributed by atoms with Gasteiger partial charge in [0, 0.05) is 22.6 Å². The lowest BCUT2D eigenvalue weighted by atomic mass is 9.69. The summed E-state index contributed by atoms with van der Waals surface area (Å²) in [5.74, 6) is 2.81. The third-order valence-corrected chi connectivity index (χ3v) is 8.50. The number of aromatic nitrogens is 4. The smallest absolute Gasteiger partial charge is 0.408 e. The molecule has 8 nitrogen and oxygen atoms in total. The fraction of sp³-hybridized carbons (Fsp3) is 0.375. The molecule has 3 aliphatic rings. The number of carboxylic acid groups (broad SMARTS) is 1. The van der Waals surface area contributed by atoms with Gasteiger partial charge in [-0.25, -0.2) is 9.78 Å². The van der Waals surface area contributed by atoms with Crippen molar-refractivity contribution in [1.82, 2.24) is 24.6 Å². The van der Waals surface area contributed by atoms with Crippen LogP contribution < -0.4 is 4.74 Å². The molecule has 3 heterocycles. The van der Waals surface area contributed by atoms with Crippen LogP contribution in [0, 0.1) is 0 Å². The summed E-state index contributed by atoms with van der Waals surface area (Å²) in [7, 11) is 0. The first kappa shape index (κ1) is 24.8. The molecule has 1 N–H and O–H groups in total. The predicted molar refractivity (Wildman–Crippen MR) is 151 cm³/mol. The predicted octanol–water partition coefficient (Wildman–Crippen LogP) is 6.92. The molecule has 2 fully saturated rings. The van der Waals surface area contributed by atoms with Gasteiger partial charge in [0.25, 0.3) is 0 Å². The first-order chi connectivity index (χ1) is 19.3. The Morgan fingerprint density at radius 2 is 1.75 bits per heavy atom. The van der Waals surface area contributed by atoms with Gasteiger partial charge < -0.3 is 9.84 Å². The first-order valence-corrected chi connectivity index (χ1v) is 14.1. The van der Waals surface area contributed by atoms with Crippen molar-refractivity contribution in [2.45, 2.75) is 76.5 Å². The van der Waals surface area contributed by atoms with Crippen molar-refractivity contribution in [3.63, 3.8) is 0 Å². The lowest BCUT2D eigenvalue weighted by molar-refractivity contribution is -0.0328. The molecule has 2 saturated carbocycles. The zero-order valence-electron chi connectivity index (χ0n) is 23.1. The van der Waals surface area contributed by atoms with Gasteiger partial charge in [-0.15, -0.1) is 10.2 Å². The molecule has 7 rings (SSSR count). The molecule has 8 heteroatoms. The normalized spacial score (nSPS) is 17.3. The number of fused-ring (bicyclic) bond motifs is 3. The van der Waals surface area contributed by atoms with Crippen molar-refractivity contribution in [2.75, 3.05) is 0 Å². The van der Waals surface area contributed by atoms with E-state index in [-0.39, 0.29) is 0 Å². The molecule has 0 unspecified atom stereocenters. The number of carbonyl (C=O) groups is 1. The van der Waals surface area contributed by atoms with Crippen LogP contribution in [0.1, 0.15) is 76.0 Å². The molecular formula is C32H33N5O3. The van der Waals surface area contributed by atoms with Crippen molar-refractivity contribution in [3.8, 4) is 34.0 Å². The summed E-state index contributed by atoms with van der Waals surface area (Å²) in [5.41, 5.74) is 4.73. The fourth-order valence-electron chi connectivity index (χ4n) is 6.44. The van der Waals surface area contributed by atoms with E-state index < -0.39 is 17.2 Å². The SMILES string of the molecule is CC(C)(C)N(C(=O)O)C1(c2ccc(-c3nc4c(cc3-c3ccccc3)-n3c(nnc3C3CC3)CO4)cc2)CCC1. The summed E-state index contributed by atoms with van der Waals surface area (Å²) in [6.45, 7) is 6.24. The molecule has 0 radical (unpaired) electrons. The standard InChI is InChI=1S/C32H33N5O3/c1-31(2,3)37(30(38)39)32(16-7-17-32)23-14-12-21(13-15-23)27-24(20-8-5-4-6-9-20)18-25-29(33-27)40-19-26-34-35-28(36(25)26)22-10-11-22/h4-6,8-9,12-15,18,22H,7,10-11,16-17,19H2,1-3H3,(H,38,39). The molecule has 2 aromatic carbocycles. The van der Waals surface area contributed by atoms with Gasteiger partial charge >= 0.3 is 6.09 Å². The Morgan fingerprint density at radius 3 is 2.35 bits per heavy atom. The topological polar surface area (TPSA) is 93.4 Å². The third-order valence-electron chi connectivity index (χ3n) is 8.50. The number of hydrogen-bond donors (Lipinski definition) is 1. The highest BCUT2D eigenvalue weighted by Gasteiger charge is 2.50. The third kappa shape index (κ3) is 3.88. The zero-order valence-corrected chi connectivity index (χ0v) is 23.1. The van der Waals surface area contributed by atoms with Crippen LogP contribution in [-0.4, -0.2) is 41.4 Å². The van der Waals surface area contributed by atoms with Crippen LogP contribution in [0.4, 0.5) is 4.79 Å². The second-order valence-electron chi connectivity index (χ2n) is 12.2. The molecule has 0 spiro atoms. The number of hydrogen-bond acceptors (Lipinski definition) is 5. The monoisotopic (exact) mass is 535 g/mol. The van der Waals surface area contributed by atoms with Crippen LogP contribution in [0.25, 0.3) is 28.1 Å². The lowest BCUT2D eigenvalue weighted by Crippen LogP contribution is -2.60. The molecule has 0 bridgehead atoms. The van der Waals surface area contributed by atoms with Crippen molar-refractivity contribution in [3.05, 3.63) is 77.9 Å². The van der Waals surface area contributed by atoms with E-state index in [1.807, 2.05) is 39.0 Å². The number of pyridine rings is 1. The Bertz CT molecular complexity index is 1600. The van der Waals surface area contributed by atoms with E-state index in [0.29, 0.717) is 18.4 Å². The molecular weight excluding hydrogens is 502 g/mol. The van der Waals surface area contributed by atoms with E-state index in [2.05, 4.69) is 57.2 Å². The van der Waals surface area contributed by atoms with E-state index >= 15 is 0 Å². The zero-order chi connectivity index (χ0) is 27.6. The number of benzene rings is 2. The van der Waals surface area contributed by atoms with E-state index in [0.717, 1.165) is 77.4 Å². The Morgan fingerprint density at radius 1 is 1.02 bits per heavy atom. The molecule has 204 valence electrons. The van der Waals surface area contributed by atoms with Gasteiger partial charge in [0.05, 0.1) is 11.2 Å². The number of nitrogens with zero attached hydrogens (tertiary/aromatic N) is 5. The van der Waals surface area contributed by atoms with E-state index in [1.54, 1.807) is 4.90 Å². The quantitative estimate of drug-likeness (QED) is 0.298. The fourth-order valence-corrected chi connectivity index (χ4v) is 6.44. The van der Waals surface area contributed by atoms with Crippen molar-refractivity contribution >= 4 is 6.09 Å². The van der Waals surface area contributed by atoms with E-state index in [1.165, 1.54) is 0 Å². The molecule has 2 aliphatic carbocycles. The Hall–Kier alpha value is -4.20. The first-order valence-electron chi connectivity index (χ1n) is 14.1. The van der Waals surface area contributed by atoms with Crippen molar-refractivity contribution in [1.29, 1.82) is 0 Å². The second kappa shape index (κ2) is 8.91. The number of rotatable bonds is 5. The van der Waals surface area contributed by atoms with Gasteiger partial charge in [0.15, 0.2) is 12.4 Å². The average Bonchev–Trinajstić information content (AvgIpc) is 3.67. The van der Waals surface area contributed by atoms with Gasteiger partial charge in [0.2, 0.25) is 5.88 Å². The minimum atomic E-state index is -0.880. The summed E-state index contributed by atoms with van der Waals surface area (Å²) in [6, 6.07) is 20.7. The Balaban J connectivity index is 1.34. The van der Waals surface area contributed by atoms with Crippen LogP contribution >= 0.6 is 0 Å². The van der Waals surface area contributed by atoms with Crippen molar-refractivity contribution < 1.29 is 14.6 Å². The molecule has 40 heavy (non-hydrogen) atoms. The lowest BCUT2D eigenvalue weighted by Gasteiger charge is -2.54. The summed E-state index contributed by atoms with van der Waals surface area (Å²) >= 11 is 0. The molecule has 0 atom stereocenters. The summed E-state index contributed by atoms with van der Waals surface area (Å²) in [5, 5.41) is 19.1. The Kier molecular flexibility index (Phi) is 5.53. The van der Waals surface area contributed by atoms with Gasteiger partial charge in [-0.2, -0.15) is 0 Å². The maximum Gasteiger partial charge on any atom is 0.408 e. The molecule has 4 aromatic rings. The minimum absolute atomic E-state index is 0.336. The summed E-state index contributed by atoms with van der Waals surface area (Å²) in [4.78, 5) is 19.1. The van der Waals surface area contributed by atoms with Crippen molar-refractivity contribution in [2.24, 2.45) is 0 Å². The van der Waals surface area contributed by atoms with Gasteiger partial charge in [0.1, 0.15) is 11.5 Å². The van der Waals surface area contributed by atoms with Gasteiger partial charge in [-0.3, -0.25) is 9.47 Å². The maximum absolute atomic E-state index is 12.4. The summed E-state index contributed by atoms with van der Waals surface area (Å²) < 4.78 is 8.24. The van der Waals surface area contributed by atoms with Gasteiger partial charge in [-0.1, -0.05) is 54.6 Å². The highest BCUT2D eigenvalue weighted by molar-refractivity contribution is 5.83. The van der Waals surface area contributed by atoms with Crippen LogP contribution in [-0.2, 0) is 12.1 Å². The van der Waals surface area contributed by atoms with Crippen LogP contribution in [0.5, 0.6) is 5.88 Å². The average molecular weight is 536 g/mol. The highest BCUT2D eigenvalue weighted by Crippen LogP contribution is 2.50. The maximum atomic E-state index is 12.4. The summed E-state index contributed by atoms with van der Waals surface area (Å²) in [6.07, 6.45) is 4.04. The minimum Gasteiger partial charge on any atom is -0.468 e. The molecule has 2 aromatic heterocycles. The number of amides is 1. The second-order valence-corrected chi connectivity index (χ2v) is 12.2. The molecule has 0 saturated heterocycles. The largest absolute Gasteiger partial charge is 0.468 e.